The molecular formula is C13H14ClNO. The number of allylic oxidation sites excluding steroid dienone is 5. The molecule has 0 saturated heterocycles. The van der Waals surface area contributed by atoms with E-state index in [1.807, 2.05) is 6.08 Å². The van der Waals surface area contributed by atoms with Gasteiger partial charge in [0.25, 0.3) is 0 Å². The lowest BCUT2D eigenvalue weighted by Gasteiger charge is -2.41. The van der Waals surface area contributed by atoms with Crippen molar-refractivity contribution in [1.29, 1.82) is 0 Å². The van der Waals surface area contributed by atoms with Crippen molar-refractivity contribution in [2.45, 2.75) is 12.8 Å². The van der Waals surface area contributed by atoms with E-state index in [0.717, 1.165) is 24.1 Å². The van der Waals surface area contributed by atoms with Gasteiger partial charge in [0.1, 0.15) is 0 Å². The number of hydroxylamine groups is 2. The van der Waals surface area contributed by atoms with Crippen LogP contribution in [0.4, 0.5) is 0 Å². The van der Waals surface area contributed by atoms with Crippen molar-refractivity contribution in [2.24, 2.45) is 11.3 Å². The molecule has 0 saturated carbocycles. The highest BCUT2D eigenvalue weighted by molar-refractivity contribution is 6.18. The molecule has 2 unspecified atom stereocenters. The van der Waals surface area contributed by atoms with Gasteiger partial charge >= 0.3 is 0 Å². The zero-order chi connectivity index (χ0) is 11.2. The topological polar surface area (TPSA) is 23.5 Å². The summed E-state index contributed by atoms with van der Waals surface area (Å²) in [4.78, 5) is 0. The molecule has 0 aromatic carbocycles. The molecule has 16 heavy (non-hydrogen) atoms. The van der Waals surface area contributed by atoms with Crippen molar-refractivity contribution in [1.82, 2.24) is 5.06 Å². The second-order valence-electron chi connectivity index (χ2n) is 4.53. The van der Waals surface area contributed by atoms with E-state index >= 15 is 0 Å². The maximum absolute atomic E-state index is 9.94. The fourth-order valence-corrected chi connectivity index (χ4v) is 3.46. The lowest BCUT2D eigenvalue weighted by molar-refractivity contribution is -0.0135. The molecule has 1 spiro atoms. The summed E-state index contributed by atoms with van der Waals surface area (Å²) in [5.74, 6) is 1.000. The smallest absolute Gasteiger partial charge is 0.0614 e. The van der Waals surface area contributed by atoms with Crippen molar-refractivity contribution in [3.63, 3.8) is 0 Å². The SMILES string of the molecule is ON1C=C2C=CC=CC23C1=CCCC3CCl. The Morgan fingerprint density at radius 1 is 1.50 bits per heavy atom. The third-order valence-corrected chi connectivity index (χ3v) is 4.21. The minimum absolute atomic E-state index is 0.177. The molecule has 1 heterocycles. The second-order valence-corrected chi connectivity index (χ2v) is 4.84. The van der Waals surface area contributed by atoms with Gasteiger partial charge in [-0.05, 0) is 24.3 Å². The Kier molecular flexibility index (Phi) is 2.23. The zero-order valence-electron chi connectivity index (χ0n) is 8.94. The zero-order valence-corrected chi connectivity index (χ0v) is 9.69. The third kappa shape index (κ3) is 1.12. The average Bonchev–Trinajstić information content (AvgIpc) is 2.61. The molecule has 0 aromatic rings. The standard InChI is InChI=1S/C13H14ClNO/c14-8-10-5-3-6-12-13(10)7-2-1-4-11(13)9-15(12)16/h1-2,4,6-7,9-10,16H,3,5,8H2. The molecule has 1 N–H and O–H groups in total. The quantitative estimate of drug-likeness (QED) is 0.706. The van der Waals surface area contributed by atoms with E-state index in [9.17, 15) is 5.21 Å². The molecule has 3 heteroatoms. The molecule has 0 amide bonds. The summed E-state index contributed by atoms with van der Waals surface area (Å²) in [6.45, 7) is 0. The van der Waals surface area contributed by atoms with Gasteiger partial charge < -0.3 is 0 Å². The van der Waals surface area contributed by atoms with Gasteiger partial charge in [-0.15, -0.1) is 11.6 Å². The number of hydrogen-bond donors (Lipinski definition) is 1. The van der Waals surface area contributed by atoms with Gasteiger partial charge in [-0.25, -0.2) is 5.06 Å². The van der Waals surface area contributed by atoms with Gasteiger partial charge in [0.05, 0.1) is 11.1 Å². The third-order valence-electron chi connectivity index (χ3n) is 3.84. The normalized spacial score (nSPS) is 35.6. The van der Waals surface area contributed by atoms with E-state index in [4.69, 9.17) is 11.6 Å². The monoisotopic (exact) mass is 235 g/mol. The van der Waals surface area contributed by atoms with Crippen molar-refractivity contribution < 1.29 is 5.21 Å². The predicted octanol–water partition coefficient (Wildman–Crippen LogP) is 3.22. The molecule has 1 aliphatic heterocycles. The van der Waals surface area contributed by atoms with E-state index in [1.165, 1.54) is 5.06 Å². The molecular weight excluding hydrogens is 222 g/mol. The van der Waals surface area contributed by atoms with Gasteiger partial charge in [-0.2, -0.15) is 0 Å². The van der Waals surface area contributed by atoms with Crippen LogP contribution in [0.25, 0.3) is 0 Å². The Hall–Kier alpha value is -0.990. The van der Waals surface area contributed by atoms with Crippen LogP contribution < -0.4 is 0 Å². The summed E-state index contributed by atoms with van der Waals surface area (Å²) in [7, 11) is 0. The highest BCUT2D eigenvalue weighted by atomic mass is 35.5. The van der Waals surface area contributed by atoms with Crippen molar-refractivity contribution in [3.8, 4) is 0 Å². The minimum Gasteiger partial charge on any atom is -0.284 e. The van der Waals surface area contributed by atoms with Crippen molar-refractivity contribution in [2.75, 3.05) is 5.88 Å². The van der Waals surface area contributed by atoms with Crippen LogP contribution in [0, 0.1) is 11.3 Å². The van der Waals surface area contributed by atoms with Crippen LogP contribution in [0.3, 0.4) is 0 Å². The summed E-state index contributed by atoms with van der Waals surface area (Å²) in [5.41, 5.74) is 1.94. The van der Waals surface area contributed by atoms with E-state index in [-0.39, 0.29) is 5.41 Å². The van der Waals surface area contributed by atoms with Crippen LogP contribution in [0.15, 0.2) is 47.9 Å². The van der Waals surface area contributed by atoms with Crippen LogP contribution >= 0.6 is 11.6 Å². The summed E-state index contributed by atoms with van der Waals surface area (Å²) in [5, 5.41) is 11.2. The van der Waals surface area contributed by atoms with Crippen LogP contribution in [-0.2, 0) is 0 Å². The first-order valence-electron chi connectivity index (χ1n) is 5.62. The molecule has 2 atom stereocenters. The largest absolute Gasteiger partial charge is 0.284 e. The molecule has 3 aliphatic rings. The number of alkyl halides is 1. The number of rotatable bonds is 1. The first-order chi connectivity index (χ1) is 7.79. The maximum atomic E-state index is 9.94. The lowest BCUT2D eigenvalue weighted by Crippen LogP contribution is -2.36. The van der Waals surface area contributed by atoms with E-state index < -0.39 is 0 Å². The van der Waals surface area contributed by atoms with E-state index in [0.29, 0.717) is 11.8 Å². The molecule has 0 radical (unpaired) electrons. The molecule has 2 nitrogen and oxygen atoms in total. The predicted molar refractivity (Wildman–Crippen MR) is 63.9 cm³/mol. The fraction of sp³-hybridized carbons (Fsp3) is 0.385. The van der Waals surface area contributed by atoms with Crippen molar-refractivity contribution in [3.05, 3.63) is 47.9 Å². The van der Waals surface area contributed by atoms with E-state index in [1.54, 1.807) is 6.20 Å². The molecule has 0 bridgehead atoms. The first kappa shape index (κ1) is 10.2. The fourth-order valence-electron chi connectivity index (χ4n) is 3.07. The molecule has 84 valence electrons. The average molecular weight is 236 g/mol. The maximum Gasteiger partial charge on any atom is 0.0614 e. The Morgan fingerprint density at radius 3 is 3.19 bits per heavy atom. The van der Waals surface area contributed by atoms with Crippen molar-refractivity contribution >= 4 is 11.6 Å². The molecule has 2 aliphatic carbocycles. The Labute approximate surface area is 100 Å². The van der Waals surface area contributed by atoms with Gasteiger partial charge in [0.2, 0.25) is 0 Å². The molecule has 0 aromatic heterocycles. The number of halogens is 1. The van der Waals surface area contributed by atoms with Crippen LogP contribution in [0.1, 0.15) is 12.8 Å². The van der Waals surface area contributed by atoms with E-state index in [2.05, 4.69) is 24.3 Å². The summed E-state index contributed by atoms with van der Waals surface area (Å²) in [6.07, 6.45) is 14.3. The molecule has 3 rings (SSSR count). The number of nitrogens with zero attached hydrogens (tertiary/aromatic N) is 1. The van der Waals surface area contributed by atoms with Crippen LogP contribution in [0.2, 0.25) is 0 Å². The van der Waals surface area contributed by atoms with Gasteiger partial charge in [0.15, 0.2) is 0 Å². The minimum atomic E-state index is -0.177. The van der Waals surface area contributed by atoms with Crippen LogP contribution in [0.5, 0.6) is 0 Å². The lowest BCUT2D eigenvalue weighted by atomic mass is 9.64. The highest BCUT2D eigenvalue weighted by Gasteiger charge is 2.49. The summed E-state index contributed by atoms with van der Waals surface area (Å²) in [6, 6.07) is 0. The van der Waals surface area contributed by atoms with Gasteiger partial charge in [-0.1, -0.05) is 30.4 Å². The second kappa shape index (κ2) is 3.51. The van der Waals surface area contributed by atoms with Crippen LogP contribution in [-0.4, -0.2) is 16.2 Å². The summed E-state index contributed by atoms with van der Waals surface area (Å²) >= 11 is 6.10. The first-order valence-corrected chi connectivity index (χ1v) is 6.15. The Morgan fingerprint density at radius 2 is 2.38 bits per heavy atom. The van der Waals surface area contributed by atoms with Gasteiger partial charge in [0, 0.05) is 12.1 Å². The molecule has 0 fully saturated rings. The number of hydrogen-bond acceptors (Lipinski definition) is 2. The summed E-state index contributed by atoms with van der Waals surface area (Å²) < 4.78 is 0. The Bertz CT molecular complexity index is 435. The van der Waals surface area contributed by atoms with Gasteiger partial charge in [-0.3, -0.25) is 5.21 Å². The Balaban J connectivity index is 2.17. The highest BCUT2D eigenvalue weighted by Crippen LogP contribution is 2.55.